The number of piperazine rings is 1. The van der Waals surface area contributed by atoms with Crippen molar-refractivity contribution in [3.05, 3.63) is 42.7 Å². The second kappa shape index (κ2) is 14.6. The molecule has 5 heterocycles. The average molecular weight is 709 g/mol. The smallest absolute Gasteiger partial charge is 0.243 e. The summed E-state index contributed by atoms with van der Waals surface area (Å²) in [7, 11) is -1.88. The fourth-order valence-electron chi connectivity index (χ4n) is 6.97. The van der Waals surface area contributed by atoms with Gasteiger partial charge in [0.15, 0.2) is 16.6 Å². The lowest BCUT2D eigenvalue weighted by Crippen LogP contribution is -2.50. The number of aromatic nitrogens is 3. The molecule has 15 heteroatoms. The van der Waals surface area contributed by atoms with Crippen LogP contribution >= 0.6 is 12.2 Å². The van der Waals surface area contributed by atoms with Gasteiger partial charge in [0.05, 0.1) is 42.7 Å². The maximum absolute atomic E-state index is 13.0. The fourth-order valence-corrected chi connectivity index (χ4v) is 8.68. The minimum Gasteiger partial charge on any atom is -0.493 e. The summed E-state index contributed by atoms with van der Waals surface area (Å²) in [6, 6.07) is 11.4. The zero-order valence-corrected chi connectivity index (χ0v) is 29.7. The molecule has 0 radical (unpaired) electrons. The van der Waals surface area contributed by atoms with E-state index in [1.807, 2.05) is 12.1 Å². The highest BCUT2D eigenvalue weighted by atomic mass is 32.2. The van der Waals surface area contributed by atoms with Crippen LogP contribution in [0.2, 0.25) is 0 Å². The molecular weight excluding hydrogens is 665 g/mol. The van der Waals surface area contributed by atoms with Crippen molar-refractivity contribution in [3.63, 3.8) is 0 Å². The Morgan fingerprint density at radius 1 is 1.04 bits per heavy atom. The summed E-state index contributed by atoms with van der Waals surface area (Å²) < 4.78 is 44.7. The number of nitrogens with one attached hydrogen (secondary N) is 2. The molecule has 3 aliphatic rings. The summed E-state index contributed by atoms with van der Waals surface area (Å²) in [5, 5.41) is 5.81. The Labute approximate surface area is 292 Å². The largest absolute Gasteiger partial charge is 0.493 e. The third-order valence-corrected chi connectivity index (χ3v) is 12.0. The highest BCUT2D eigenvalue weighted by molar-refractivity contribution is 7.89. The molecule has 0 spiro atoms. The van der Waals surface area contributed by atoms with Crippen LogP contribution in [0.5, 0.6) is 11.5 Å². The second-order valence-electron chi connectivity index (χ2n) is 12.8. The van der Waals surface area contributed by atoms with Gasteiger partial charge in [0.25, 0.3) is 0 Å². The maximum Gasteiger partial charge on any atom is 0.243 e. The van der Waals surface area contributed by atoms with E-state index in [4.69, 9.17) is 31.4 Å². The number of fused-ring (bicyclic) bond motifs is 3. The van der Waals surface area contributed by atoms with E-state index in [2.05, 4.69) is 36.9 Å². The lowest BCUT2D eigenvalue weighted by Gasteiger charge is -2.37. The topological polar surface area (TPSA) is 128 Å². The van der Waals surface area contributed by atoms with Crippen LogP contribution in [-0.4, -0.2) is 128 Å². The number of hydrogen-bond acceptors (Lipinski definition) is 10. The van der Waals surface area contributed by atoms with Crippen molar-refractivity contribution in [2.45, 2.75) is 37.1 Å². The number of H-pyrrole nitrogens is 1. The average Bonchev–Trinajstić information content (AvgIpc) is 3.72. The van der Waals surface area contributed by atoms with Crippen molar-refractivity contribution >= 4 is 60.8 Å². The third-order valence-electron chi connectivity index (χ3n) is 9.77. The molecule has 0 amide bonds. The first kappa shape index (κ1) is 33.7. The number of methoxy groups -OCH3 is 1. The Bertz CT molecular complexity index is 1890. The molecule has 0 saturated carbocycles. The van der Waals surface area contributed by atoms with Gasteiger partial charge >= 0.3 is 0 Å². The van der Waals surface area contributed by atoms with Gasteiger partial charge in [0, 0.05) is 69.0 Å². The second-order valence-corrected chi connectivity index (χ2v) is 15.1. The van der Waals surface area contributed by atoms with Crippen molar-refractivity contribution in [2.75, 3.05) is 89.5 Å². The zero-order chi connectivity index (χ0) is 34.0. The van der Waals surface area contributed by atoms with Gasteiger partial charge in [-0.15, -0.1) is 0 Å². The molecule has 2 aromatic heterocycles. The first-order valence-electron chi connectivity index (χ1n) is 17.0. The molecule has 3 aliphatic heterocycles. The normalized spacial score (nSPS) is 19.5. The highest BCUT2D eigenvalue weighted by Crippen LogP contribution is 2.38. The lowest BCUT2D eigenvalue weighted by molar-refractivity contribution is 0.0730. The number of ether oxygens (including phenoxy) is 3. The fraction of sp³-hybridized carbons (Fsp3) is 0.500. The molecule has 3 saturated heterocycles. The SMILES string of the molecule is COc1cc2c(cc1OCCCN1CCCC1C)[nH]c1ncnc(N3CCN(C(=S)Nc4ccc(S(=O)(=O)N5CCOCC5)cc4)CC3)c12. The lowest BCUT2D eigenvalue weighted by atomic mass is 10.1. The summed E-state index contributed by atoms with van der Waals surface area (Å²) in [5.74, 6) is 2.27. The van der Waals surface area contributed by atoms with Gasteiger partial charge in [0.2, 0.25) is 10.0 Å². The van der Waals surface area contributed by atoms with Crippen LogP contribution in [-0.2, 0) is 14.8 Å². The number of hydrogen-bond donors (Lipinski definition) is 2. The monoisotopic (exact) mass is 708 g/mol. The molecule has 262 valence electrons. The van der Waals surface area contributed by atoms with Crippen LogP contribution in [0.3, 0.4) is 0 Å². The molecule has 0 bridgehead atoms. The first-order chi connectivity index (χ1) is 23.8. The van der Waals surface area contributed by atoms with Crippen LogP contribution in [0.15, 0.2) is 47.6 Å². The molecule has 0 aliphatic carbocycles. The Kier molecular flexibility index (Phi) is 10.1. The summed E-state index contributed by atoms with van der Waals surface area (Å²) >= 11 is 5.75. The van der Waals surface area contributed by atoms with E-state index in [-0.39, 0.29) is 4.90 Å². The van der Waals surface area contributed by atoms with E-state index in [1.54, 1.807) is 37.7 Å². The van der Waals surface area contributed by atoms with E-state index < -0.39 is 10.0 Å². The number of sulfonamides is 1. The summed E-state index contributed by atoms with van der Waals surface area (Å²) in [6.45, 7) is 9.51. The molecule has 3 fully saturated rings. The first-order valence-corrected chi connectivity index (χ1v) is 18.9. The predicted molar refractivity (Wildman–Crippen MR) is 194 cm³/mol. The molecule has 7 rings (SSSR count). The maximum atomic E-state index is 13.0. The Morgan fingerprint density at radius 2 is 1.82 bits per heavy atom. The molecule has 1 unspecified atom stereocenters. The number of rotatable bonds is 10. The van der Waals surface area contributed by atoms with Gasteiger partial charge in [-0.3, -0.25) is 0 Å². The van der Waals surface area contributed by atoms with Crippen molar-refractivity contribution < 1.29 is 22.6 Å². The standard InChI is InChI=1S/C34H44N8O5S2/c1-24-5-3-10-39(24)11-4-18-47-30-22-28-27(21-29(30)45-2)31-32(38-28)35-23-36-33(31)40-12-14-41(15-13-40)34(48)37-25-6-8-26(9-7-25)49(43,44)42-16-19-46-20-17-42/h6-9,21-24H,3-5,10-20H2,1-2H3,(H,37,48)(H,35,36,38). The Morgan fingerprint density at radius 3 is 2.53 bits per heavy atom. The quantitative estimate of drug-likeness (QED) is 0.183. The number of thiocarbonyl (C=S) groups is 1. The predicted octanol–water partition coefficient (Wildman–Crippen LogP) is 3.91. The number of anilines is 2. The highest BCUT2D eigenvalue weighted by Gasteiger charge is 2.27. The van der Waals surface area contributed by atoms with E-state index >= 15 is 0 Å². The van der Waals surface area contributed by atoms with E-state index in [9.17, 15) is 8.42 Å². The minimum absolute atomic E-state index is 0.261. The number of aromatic amines is 1. The van der Waals surface area contributed by atoms with Crippen molar-refractivity contribution in [1.29, 1.82) is 0 Å². The molecule has 2 N–H and O–H groups in total. The van der Waals surface area contributed by atoms with Gasteiger partial charge in [-0.05, 0) is 75.3 Å². The molecule has 1 atom stereocenters. The van der Waals surface area contributed by atoms with Gasteiger partial charge < -0.3 is 39.2 Å². The minimum atomic E-state index is -3.55. The van der Waals surface area contributed by atoms with Crippen LogP contribution < -0.4 is 19.7 Å². The number of benzene rings is 2. The molecule has 2 aromatic carbocycles. The van der Waals surface area contributed by atoms with Crippen molar-refractivity contribution in [2.24, 2.45) is 0 Å². The summed E-state index contributed by atoms with van der Waals surface area (Å²) in [4.78, 5) is 19.9. The van der Waals surface area contributed by atoms with Crippen molar-refractivity contribution in [3.8, 4) is 11.5 Å². The Balaban J connectivity index is 0.989. The van der Waals surface area contributed by atoms with Gasteiger partial charge in [0.1, 0.15) is 17.8 Å². The van der Waals surface area contributed by atoms with E-state index in [0.717, 1.165) is 46.4 Å². The number of morpholine rings is 1. The summed E-state index contributed by atoms with van der Waals surface area (Å²) in [5.41, 5.74) is 2.43. The van der Waals surface area contributed by atoms with Crippen molar-refractivity contribution in [1.82, 2.24) is 29.1 Å². The van der Waals surface area contributed by atoms with Gasteiger partial charge in [-0.25, -0.2) is 18.4 Å². The van der Waals surface area contributed by atoms with E-state index in [0.29, 0.717) is 81.7 Å². The number of nitrogens with zero attached hydrogens (tertiary/aromatic N) is 6. The zero-order valence-electron chi connectivity index (χ0n) is 28.1. The van der Waals surface area contributed by atoms with Crippen LogP contribution in [0.25, 0.3) is 21.9 Å². The molecule has 13 nitrogen and oxygen atoms in total. The van der Waals surface area contributed by atoms with Gasteiger partial charge in [-0.1, -0.05) is 0 Å². The number of likely N-dealkylation sites (tertiary alicyclic amines) is 1. The van der Waals surface area contributed by atoms with Crippen LogP contribution in [0.4, 0.5) is 11.5 Å². The Hall–Kier alpha value is -3.76. The van der Waals surface area contributed by atoms with E-state index in [1.165, 1.54) is 23.7 Å². The molecule has 49 heavy (non-hydrogen) atoms. The molecular formula is C34H44N8O5S2. The summed E-state index contributed by atoms with van der Waals surface area (Å²) in [6.07, 6.45) is 5.12. The van der Waals surface area contributed by atoms with Crippen LogP contribution in [0.1, 0.15) is 26.2 Å². The van der Waals surface area contributed by atoms with Gasteiger partial charge in [-0.2, -0.15) is 4.31 Å². The molecule has 4 aromatic rings. The third kappa shape index (κ3) is 7.13. The van der Waals surface area contributed by atoms with Crippen LogP contribution in [0, 0.1) is 0 Å².